The zero-order valence-corrected chi connectivity index (χ0v) is 21.1. The summed E-state index contributed by atoms with van der Waals surface area (Å²) in [5.74, 6) is -3.18. The van der Waals surface area contributed by atoms with E-state index in [-0.39, 0.29) is 37.5 Å². The summed E-state index contributed by atoms with van der Waals surface area (Å²) in [6.45, 7) is 4.04. The van der Waals surface area contributed by atoms with E-state index >= 15 is 0 Å². The van der Waals surface area contributed by atoms with E-state index in [1.807, 2.05) is 19.9 Å². The number of rotatable bonds is 5. The van der Waals surface area contributed by atoms with Gasteiger partial charge in [-0.3, -0.25) is 14.4 Å². The Hall–Kier alpha value is -2.68. The number of halogens is 1. The number of anilines is 1. The first kappa shape index (κ1) is 25.0. The van der Waals surface area contributed by atoms with Crippen LogP contribution in [-0.2, 0) is 23.9 Å². The third kappa shape index (κ3) is 3.69. The molecule has 1 aromatic rings. The summed E-state index contributed by atoms with van der Waals surface area (Å²) in [7, 11) is 0. The van der Waals surface area contributed by atoms with E-state index in [9.17, 15) is 19.5 Å². The number of fused-ring (bicyclic) bond motifs is 2. The number of nitrogens with zero attached hydrogens (tertiary/aromatic N) is 2. The first-order valence-corrected chi connectivity index (χ1v) is 12.9. The number of likely N-dealkylation sites (tertiary alicyclic amines) is 1. The average Bonchev–Trinajstić information content (AvgIpc) is 3.24. The second-order valence-corrected chi connectivity index (χ2v) is 10.3. The van der Waals surface area contributed by atoms with Crippen LogP contribution < -0.4 is 4.90 Å². The maximum atomic E-state index is 14.4. The number of aliphatic hydroxyl groups is 1. The molecule has 1 aromatic carbocycles. The quantitative estimate of drug-likeness (QED) is 0.479. The van der Waals surface area contributed by atoms with Crippen LogP contribution in [0.25, 0.3) is 0 Å². The molecule has 1 spiro atoms. The molecule has 2 amide bonds. The third-order valence-electron chi connectivity index (χ3n) is 8.05. The first-order valence-electron chi connectivity index (χ1n) is 12.5. The minimum Gasteiger partial charge on any atom is -0.465 e. The Labute approximate surface area is 215 Å². The molecule has 0 radical (unpaired) electrons. The van der Waals surface area contributed by atoms with Gasteiger partial charge in [0.2, 0.25) is 5.91 Å². The van der Waals surface area contributed by atoms with Crippen molar-refractivity contribution in [1.29, 1.82) is 0 Å². The smallest absolute Gasteiger partial charge is 0.312 e. The lowest BCUT2D eigenvalue weighted by Crippen LogP contribution is -2.59. The second-order valence-electron chi connectivity index (χ2n) is 9.91. The van der Waals surface area contributed by atoms with Crippen molar-refractivity contribution in [1.82, 2.24) is 4.90 Å². The van der Waals surface area contributed by atoms with Crippen molar-refractivity contribution < 1.29 is 29.0 Å². The topological polar surface area (TPSA) is 96.4 Å². The molecule has 4 heterocycles. The number of para-hydroxylation sites is 1. The number of hydrogen-bond donors (Lipinski definition) is 1. The minimum absolute atomic E-state index is 0.0939. The predicted molar refractivity (Wildman–Crippen MR) is 133 cm³/mol. The lowest BCUT2D eigenvalue weighted by atomic mass is 9.77. The number of aliphatic hydroxyl groups excluding tert-OH is 1. The number of esters is 1. The SMILES string of the molecule is CC[C@H](C)[C@H](CO)N1C(=O)[C@@H]2[C@H]3C(=O)OCCC=C[C@H]3O[C@@]23C=CCN(c2ccccc2Cl)C(=O)C13. The molecule has 5 rings (SSSR count). The summed E-state index contributed by atoms with van der Waals surface area (Å²) in [6, 6.07) is 5.34. The largest absolute Gasteiger partial charge is 0.465 e. The van der Waals surface area contributed by atoms with Gasteiger partial charge in [-0.2, -0.15) is 0 Å². The maximum Gasteiger partial charge on any atom is 0.312 e. The van der Waals surface area contributed by atoms with E-state index < -0.39 is 41.6 Å². The zero-order chi connectivity index (χ0) is 25.6. The van der Waals surface area contributed by atoms with Gasteiger partial charge in [-0.15, -0.1) is 0 Å². The van der Waals surface area contributed by atoms with Crippen LogP contribution >= 0.6 is 11.6 Å². The normalized spacial score (nSPS) is 33.3. The van der Waals surface area contributed by atoms with E-state index in [1.165, 1.54) is 4.90 Å². The van der Waals surface area contributed by atoms with Crippen LogP contribution in [0, 0.1) is 17.8 Å². The highest BCUT2D eigenvalue weighted by atomic mass is 35.5. The molecule has 1 N–H and O–H groups in total. The Morgan fingerprint density at radius 2 is 1.97 bits per heavy atom. The Morgan fingerprint density at radius 3 is 2.69 bits per heavy atom. The molecule has 192 valence electrons. The van der Waals surface area contributed by atoms with Crippen molar-refractivity contribution in [2.75, 3.05) is 24.7 Å². The minimum atomic E-state index is -1.38. The van der Waals surface area contributed by atoms with Crippen LogP contribution in [0.4, 0.5) is 5.69 Å². The summed E-state index contributed by atoms with van der Waals surface area (Å²) < 4.78 is 12.0. The van der Waals surface area contributed by atoms with Gasteiger partial charge >= 0.3 is 5.97 Å². The van der Waals surface area contributed by atoms with E-state index in [4.69, 9.17) is 21.1 Å². The molecule has 2 saturated heterocycles. The van der Waals surface area contributed by atoms with Gasteiger partial charge in [-0.05, 0) is 24.5 Å². The number of cyclic esters (lactones) is 1. The van der Waals surface area contributed by atoms with Gasteiger partial charge in [-0.25, -0.2) is 0 Å². The number of benzene rings is 1. The van der Waals surface area contributed by atoms with Crippen LogP contribution in [0.2, 0.25) is 5.02 Å². The molecule has 8 nitrogen and oxygen atoms in total. The number of carbonyl (C=O) groups excluding carboxylic acids is 3. The van der Waals surface area contributed by atoms with Crippen molar-refractivity contribution in [3.05, 3.63) is 53.6 Å². The maximum absolute atomic E-state index is 14.4. The average molecular weight is 515 g/mol. The molecule has 1 unspecified atom stereocenters. The molecular formula is C27H31ClN2O6. The Balaban J connectivity index is 1.68. The molecule has 9 heteroatoms. The van der Waals surface area contributed by atoms with Crippen molar-refractivity contribution in [3.8, 4) is 0 Å². The van der Waals surface area contributed by atoms with Crippen molar-refractivity contribution in [3.63, 3.8) is 0 Å². The Kier molecular flexibility index (Phi) is 6.70. The molecule has 0 bridgehead atoms. The van der Waals surface area contributed by atoms with Crippen LogP contribution in [0.3, 0.4) is 0 Å². The Morgan fingerprint density at radius 1 is 1.19 bits per heavy atom. The molecule has 0 aliphatic carbocycles. The fraction of sp³-hybridized carbons (Fsp3) is 0.519. The van der Waals surface area contributed by atoms with Crippen molar-refractivity contribution in [2.24, 2.45) is 17.8 Å². The lowest BCUT2D eigenvalue weighted by molar-refractivity contribution is -0.155. The highest BCUT2D eigenvalue weighted by Crippen LogP contribution is 2.54. The van der Waals surface area contributed by atoms with Crippen LogP contribution in [0.1, 0.15) is 26.7 Å². The predicted octanol–water partition coefficient (Wildman–Crippen LogP) is 2.73. The van der Waals surface area contributed by atoms with Crippen LogP contribution in [0.15, 0.2) is 48.6 Å². The molecule has 36 heavy (non-hydrogen) atoms. The standard InChI is InChI=1S/C27H31ClN2O6/c1-3-16(2)19(15-31)30-23-25(33)29(18-10-5-4-9-17(18)28)13-8-12-27(23)22(24(30)32)21-20(36-27)11-6-7-14-35-26(21)34/h4-6,8-12,16,19-23,31H,3,7,13-15H2,1-2H3/t16-,19-,20+,21-,22-,23?,27-/m0/s1. The molecule has 4 aliphatic rings. The van der Waals surface area contributed by atoms with E-state index in [0.717, 1.165) is 0 Å². The van der Waals surface area contributed by atoms with Gasteiger partial charge in [0.25, 0.3) is 5.91 Å². The monoisotopic (exact) mass is 514 g/mol. The van der Waals surface area contributed by atoms with Gasteiger partial charge in [0, 0.05) is 6.54 Å². The first-order chi connectivity index (χ1) is 17.4. The van der Waals surface area contributed by atoms with Gasteiger partial charge in [0.15, 0.2) is 0 Å². The second kappa shape index (κ2) is 9.65. The summed E-state index contributed by atoms with van der Waals surface area (Å²) in [4.78, 5) is 44.7. The number of ether oxygens (including phenoxy) is 2. The molecule has 0 aromatic heterocycles. The zero-order valence-electron chi connectivity index (χ0n) is 20.4. The van der Waals surface area contributed by atoms with Crippen molar-refractivity contribution in [2.45, 2.75) is 50.5 Å². The molecule has 4 aliphatic heterocycles. The summed E-state index contributed by atoms with van der Waals surface area (Å²) in [5, 5.41) is 10.8. The van der Waals surface area contributed by atoms with Gasteiger partial charge in [-0.1, -0.05) is 68.3 Å². The van der Waals surface area contributed by atoms with Gasteiger partial charge < -0.3 is 24.4 Å². The lowest BCUT2D eigenvalue weighted by Gasteiger charge is -2.40. The van der Waals surface area contributed by atoms with Crippen molar-refractivity contribution >= 4 is 35.1 Å². The number of carbonyl (C=O) groups is 3. The molecular weight excluding hydrogens is 484 g/mol. The van der Waals surface area contributed by atoms with E-state index in [0.29, 0.717) is 23.6 Å². The molecule has 0 saturated carbocycles. The van der Waals surface area contributed by atoms with E-state index in [1.54, 1.807) is 47.4 Å². The van der Waals surface area contributed by atoms with Gasteiger partial charge in [0.1, 0.15) is 17.6 Å². The molecule has 7 atom stereocenters. The number of amides is 2. The number of hydrogen-bond acceptors (Lipinski definition) is 6. The fourth-order valence-electron chi connectivity index (χ4n) is 6.11. The van der Waals surface area contributed by atoms with Crippen LogP contribution in [-0.4, -0.2) is 71.3 Å². The summed E-state index contributed by atoms with van der Waals surface area (Å²) >= 11 is 6.47. The third-order valence-corrected chi connectivity index (χ3v) is 8.37. The Bertz CT molecular complexity index is 1120. The highest BCUT2D eigenvalue weighted by Gasteiger charge is 2.72. The van der Waals surface area contributed by atoms with Crippen LogP contribution in [0.5, 0.6) is 0 Å². The summed E-state index contributed by atoms with van der Waals surface area (Å²) in [6.07, 6.45) is 7.80. The fourth-order valence-corrected chi connectivity index (χ4v) is 6.34. The summed E-state index contributed by atoms with van der Waals surface area (Å²) in [5.41, 5.74) is -0.859. The molecule has 2 fully saturated rings. The van der Waals surface area contributed by atoms with E-state index in [2.05, 4.69) is 0 Å². The highest BCUT2D eigenvalue weighted by molar-refractivity contribution is 6.34. The van der Waals surface area contributed by atoms with Gasteiger partial charge in [0.05, 0.1) is 42.0 Å².